The van der Waals surface area contributed by atoms with E-state index in [9.17, 15) is 4.79 Å². The average Bonchev–Trinajstić information content (AvgIpc) is 2.59. The topological polar surface area (TPSA) is 59.3 Å². The lowest BCUT2D eigenvalue weighted by Crippen LogP contribution is -2.18. The number of hydrogen-bond acceptors (Lipinski definition) is 3. The number of nitrogens with zero attached hydrogens (tertiary/aromatic N) is 3. The molecule has 2 rings (SSSR count). The maximum Gasteiger partial charge on any atom is 0.271 e. The standard InChI is InChI=1S/C8H8N4O/c1-9-8(13)6-5-7-10-3-2-4-12(7)11-6/h2-5H,1H3,(H,9,13). The first-order valence-corrected chi connectivity index (χ1v) is 3.84. The summed E-state index contributed by atoms with van der Waals surface area (Å²) in [7, 11) is 1.57. The third kappa shape index (κ3) is 1.24. The molecule has 5 nitrogen and oxygen atoms in total. The number of hydrogen-bond donors (Lipinski definition) is 1. The number of rotatable bonds is 1. The highest BCUT2D eigenvalue weighted by molar-refractivity contribution is 5.92. The van der Waals surface area contributed by atoms with Crippen molar-refractivity contribution >= 4 is 11.6 Å². The van der Waals surface area contributed by atoms with E-state index in [4.69, 9.17) is 0 Å². The van der Waals surface area contributed by atoms with Crippen molar-refractivity contribution in [3.63, 3.8) is 0 Å². The summed E-state index contributed by atoms with van der Waals surface area (Å²) in [5.74, 6) is -0.203. The second kappa shape index (κ2) is 2.85. The summed E-state index contributed by atoms with van der Waals surface area (Å²) in [6, 6.07) is 3.40. The molecule has 2 heterocycles. The van der Waals surface area contributed by atoms with Gasteiger partial charge in [0.2, 0.25) is 0 Å². The van der Waals surface area contributed by atoms with E-state index in [0.717, 1.165) is 0 Å². The summed E-state index contributed by atoms with van der Waals surface area (Å²) in [4.78, 5) is 15.2. The van der Waals surface area contributed by atoms with E-state index < -0.39 is 0 Å². The molecule has 0 bridgehead atoms. The van der Waals surface area contributed by atoms with Crippen LogP contribution >= 0.6 is 0 Å². The van der Waals surface area contributed by atoms with E-state index >= 15 is 0 Å². The van der Waals surface area contributed by atoms with Crippen molar-refractivity contribution in [3.8, 4) is 0 Å². The van der Waals surface area contributed by atoms with Gasteiger partial charge >= 0.3 is 0 Å². The molecule has 1 amide bonds. The predicted molar refractivity (Wildman–Crippen MR) is 46.4 cm³/mol. The second-order valence-electron chi connectivity index (χ2n) is 2.53. The molecule has 13 heavy (non-hydrogen) atoms. The fourth-order valence-corrected chi connectivity index (χ4v) is 1.07. The Morgan fingerprint density at radius 1 is 1.62 bits per heavy atom. The molecule has 5 heteroatoms. The zero-order valence-corrected chi connectivity index (χ0v) is 7.06. The molecule has 0 radical (unpaired) electrons. The van der Waals surface area contributed by atoms with E-state index in [-0.39, 0.29) is 5.91 Å². The third-order valence-electron chi connectivity index (χ3n) is 1.70. The van der Waals surface area contributed by atoms with Crippen LogP contribution in [-0.2, 0) is 0 Å². The van der Waals surface area contributed by atoms with Crippen LogP contribution in [-0.4, -0.2) is 27.6 Å². The fraction of sp³-hybridized carbons (Fsp3) is 0.125. The highest BCUT2D eigenvalue weighted by atomic mass is 16.1. The number of amides is 1. The van der Waals surface area contributed by atoms with Gasteiger partial charge in [-0.3, -0.25) is 4.79 Å². The Morgan fingerprint density at radius 2 is 2.46 bits per heavy atom. The highest BCUT2D eigenvalue weighted by Crippen LogP contribution is 2.01. The van der Waals surface area contributed by atoms with Gasteiger partial charge in [-0.25, -0.2) is 9.50 Å². The molecule has 0 unspecified atom stereocenters. The molecular formula is C8H8N4O. The van der Waals surface area contributed by atoms with Gasteiger partial charge in [-0.2, -0.15) is 5.10 Å². The van der Waals surface area contributed by atoms with E-state index in [1.807, 2.05) is 0 Å². The van der Waals surface area contributed by atoms with Gasteiger partial charge in [0.15, 0.2) is 11.3 Å². The van der Waals surface area contributed by atoms with Crippen molar-refractivity contribution < 1.29 is 4.79 Å². The Bertz CT molecular complexity index is 415. The minimum absolute atomic E-state index is 0.203. The molecule has 66 valence electrons. The van der Waals surface area contributed by atoms with Crippen molar-refractivity contribution in [2.24, 2.45) is 0 Å². The smallest absolute Gasteiger partial charge is 0.271 e. The van der Waals surface area contributed by atoms with Gasteiger partial charge < -0.3 is 5.32 Å². The van der Waals surface area contributed by atoms with Gasteiger partial charge in [-0.15, -0.1) is 0 Å². The molecule has 0 saturated heterocycles. The quantitative estimate of drug-likeness (QED) is 0.669. The molecule has 0 saturated carbocycles. The van der Waals surface area contributed by atoms with Crippen LogP contribution in [0.1, 0.15) is 10.5 Å². The van der Waals surface area contributed by atoms with E-state index in [1.165, 1.54) is 0 Å². The average molecular weight is 176 g/mol. The van der Waals surface area contributed by atoms with E-state index in [0.29, 0.717) is 11.3 Å². The first kappa shape index (κ1) is 7.72. The predicted octanol–water partition coefficient (Wildman–Crippen LogP) is 0.0889. The van der Waals surface area contributed by atoms with Gasteiger partial charge in [0.05, 0.1) is 0 Å². The fourth-order valence-electron chi connectivity index (χ4n) is 1.07. The summed E-state index contributed by atoms with van der Waals surface area (Å²) in [5, 5.41) is 6.53. The molecular weight excluding hydrogens is 168 g/mol. The van der Waals surface area contributed by atoms with Crippen molar-refractivity contribution in [3.05, 3.63) is 30.2 Å². The maximum atomic E-state index is 11.2. The van der Waals surface area contributed by atoms with Crippen molar-refractivity contribution in [1.29, 1.82) is 0 Å². The molecule has 0 aliphatic heterocycles. The minimum atomic E-state index is -0.203. The van der Waals surface area contributed by atoms with Crippen molar-refractivity contribution in [2.45, 2.75) is 0 Å². The number of carbonyl (C=O) groups excluding carboxylic acids is 1. The van der Waals surface area contributed by atoms with E-state index in [1.54, 1.807) is 36.1 Å². The zero-order chi connectivity index (χ0) is 9.26. The van der Waals surface area contributed by atoms with Crippen LogP contribution in [0.5, 0.6) is 0 Å². The number of carbonyl (C=O) groups is 1. The summed E-state index contributed by atoms with van der Waals surface area (Å²) in [6.07, 6.45) is 3.40. The monoisotopic (exact) mass is 176 g/mol. The van der Waals surface area contributed by atoms with Gasteiger partial charge in [0.1, 0.15) is 0 Å². The van der Waals surface area contributed by atoms with Crippen LogP contribution in [0.15, 0.2) is 24.5 Å². The Balaban J connectivity index is 2.56. The number of aromatic nitrogens is 3. The highest BCUT2D eigenvalue weighted by Gasteiger charge is 2.08. The number of fused-ring (bicyclic) bond motifs is 1. The molecule has 1 N–H and O–H groups in total. The van der Waals surface area contributed by atoms with Crippen LogP contribution in [0.2, 0.25) is 0 Å². The molecule has 0 spiro atoms. The summed E-state index contributed by atoms with van der Waals surface area (Å²) in [6.45, 7) is 0. The lowest BCUT2D eigenvalue weighted by Gasteiger charge is -1.90. The largest absolute Gasteiger partial charge is 0.354 e. The lowest BCUT2D eigenvalue weighted by molar-refractivity contribution is 0.0958. The molecule has 2 aromatic heterocycles. The van der Waals surface area contributed by atoms with Crippen LogP contribution < -0.4 is 5.32 Å². The minimum Gasteiger partial charge on any atom is -0.354 e. The van der Waals surface area contributed by atoms with Gasteiger partial charge in [0.25, 0.3) is 5.91 Å². The van der Waals surface area contributed by atoms with Gasteiger partial charge in [0, 0.05) is 25.5 Å². The Morgan fingerprint density at radius 3 is 3.15 bits per heavy atom. The van der Waals surface area contributed by atoms with E-state index in [2.05, 4.69) is 15.4 Å². The van der Waals surface area contributed by atoms with Crippen LogP contribution in [0.25, 0.3) is 5.65 Å². The van der Waals surface area contributed by atoms with Crippen LogP contribution in [0, 0.1) is 0 Å². The molecule has 0 aromatic carbocycles. The van der Waals surface area contributed by atoms with Crippen LogP contribution in [0.4, 0.5) is 0 Å². The van der Waals surface area contributed by atoms with Gasteiger partial charge in [-0.05, 0) is 6.07 Å². The summed E-state index contributed by atoms with van der Waals surface area (Å²) in [5.41, 5.74) is 1.04. The molecule has 0 atom stereocenters. The normalized spacial score (nSPS) is 10.2. The summed E-state index contributed by atoms with van der Waals surface area (Å²) >= 11 is 0. The van der Waals surface area contributed by atoms with Crippen molar-refractivity contribution in [1.82, 2.24) is 19.9 Å². The Kier molecular flexibility index (Phi) is 1.70. The SMILES string of the molecule is CNC(=O)c1cc2ncccn2n1. The van der Waals surface area contributed by atoms with Gasteiger partial charge in [-0.1, -0.05) is 0 Å². The maximum absolute atomic E-state index is 11.2. The van der Waals surface area contributed by atoms with Crippen molar-refractivity contribution in [2.75, 3.05) is 7.05 Å². The Hall–Kier alpha value is -1.91. The molecule has 2 aromatic rings. The Labute approximate surface area is 74.4 Å². The first-order chi connectivity index (χ1) is 6.31. The zero-order valence-electron chi connectivity index (χ0n) is 7.06. The second-order valence-corrected chi connectivity index (χ2v) is 2.53. The summed E-state index contributed by atoms with van der Waals surface area (Å²) < 4.78 is 1.56. The lowest BCUT2D eigenvalue weighted by atomic mass is 10.4. The molecule has 0 aliphatic carbocycles. The first-order valence-electron chi connectivity index (χ1n) is 3.84. The van der Waals surface area contributed by atoms with Crippen LogP contribution in [0.3, 0.4) is 0 Å². The molecule has 0 aliphatic rings. The third-order valence-corrected chi connectivity index (χ3v) is 1.70. The molecule has 0 fully saturated rings. The number of nitrogens with one attached hydrogen (secondary N) is 1.